The van der Waals surface area contributed by atoms with Gasteiger partial charge in [-0.1, -0.05) is 25.3 Å². The van der Waals surface area contributed by atoms with Crippen molar-refractivity contribution in [3.8, 4) is 5.75 Å². The molecule has 1 unspecified atom stereocenters. The molecule has 0 aromatic heterocycles. The van der Waals surface area contributed by atoms with Gasteiger partial charge in [-0.05, 0) is 12.5 Å². The van der Waals surface area contributed by atoms with Gasteiger partial charge in [0.05, 0.1) is 11.6 Å². The Kier molecular flexibility index (Phi) is 3.52. The van der Waals surface area contributed by atoms with Crippen molar-refractivity contribution in [1.82, 2.24) is 10.2 Å². The van der Waals surface area contributed by atoms with Crippen LogP contribution in [0, 0.1) is 0 Å². The van der Waals surface area contributed by atoms with Gasteiger partial charge in [0.1, 0.15) is 5.75 Å². The molecule has 1 N–H and O–H groups in total. The second-order valence-electron chi connectivity index (χ2n) is 5.52. The Bertz CT molecular complexity index is 772. The number of benzene rings is 1. The number of amides is 2. The molecule has 1 aromatic rings. The molecule has 0 saturated carbocycles. The highest BCUT2D eigenvalue weighted by molar-refractivity contribution is 6.11. The van der Waals surface area contributed by atoms with Crippen molar-refractivity contribution in [2.24, 2.45) is 0 Å². The predicted molar refractivity (Wildman–Crippen MR) is 85.4 cm³/mol. The van der Waals surface area contributed by atoms with Crippen LogP contribution in [0.2, 0.25) is 0 Å². The zero-order chi connectivity index (χ0) is 16.7. The van der Waals surface area contributed by atoms with E-state index >= 15 is 0 Å². The highest BCUT2D eigenvalue weighted by Crippen LogP contribution is 2.40. The molecule has 6 heteroatoms. The maximum atomic E-state index is 12.9. The van der Waals surface area contributed by atoms with Gasteiger partial charge in [0.25, 0.3) is 5.91 Å². The second kappa shape index (κ2) is 5.39. The van der Waals surface area contributed by atoms with E-state index in [1.807, 2.05) is 0 Å². The summed E-state index contributed by atoms with van der Waals surface area (Å²) in [4.78, 5) is 37.0. The average Bonchev–Trinajstić information content (AvgIpc) is 2.72. The number of carbonyl (C=O) groups excluding carboxylic acids is 3. The van der Waals surface area contributed by atoms with Crippen molar-refractivity contribution in [3.63, 3.8) is 0 Å². The van der Waals surface area contributed by atoms with E-state index in [9.17, 15) is 14.4 Å². The topological polar surface area (TPSA) is 75.7 Å². The third kappa shape index (κ3) is 2.42. The normalized spacial score (nSPS) is 20.4. The number of carbonyl (C=O) groups is 3. The van der Waals surface area contributed by atoms with Gasteiger partial charge >= 0.3 is 5.97 Å². The fourth-order valence-electron chi connectivity index (χ4n) is 2.99. The Morgan fingerprint density at radius 3 is 2.78 bits per heavy atom. The number of nitrogens with one attached hydrogen (secondary N) is 1. The summed E-state index contributed by atoms with van der Waals surface area (Å²) < 4.78 is 5.14. The van der Waals surface area contributed by atoms with E-state index in [1.165, 1.54) is 11.8 Å². The molecule has 1 saturated heterocycles. The molecule has 2 aliphatic rings. The molecule has 0 spiro atoms. The molecule has 1 fully saturated rings. The molecule has 120 valence electrons. The zero-order valence-corrected chi connectivity index (χ0v) is 12.7. The lowest BCUT2D eigenvalue weighted by Gasteiger charge is -2.33. The highest BCUT2D eigenvalue weighted by atomic mass is 16.5. The number of hydrogen-bond donors (Lipinski definition) is 1. The maximum Gasteiger partial charge on any atom is 0.308 e. The second-order valence-corrected chi connectivity index (χ2v) is 5.52. The van der Waals surface area contributed by atoms with Crippen molar-refractivity contribution in [2.75, 3.05) is 0 Å². The van der Waals surface area contributed by atoms with Crippen LogP contribution in [0.4, 0.5) is 0 Å². The summed E-state index contributed by atoms with van der Waals surface area (Å²) in [7, 11) is 0. The van der Waals surface area contributed by atoms with Crippen LogP contribution in [0.15, 0.2) is 37.1 Å². The number of esters is 1. The van der Waals surface area contributed by atoms with E-state index in [-0.39, 0.29) is 25.0 Å². The van der Waals surface area contributed by atoms with Crippen LogP contribution in [-0.4, -0.2) is 28.7 Å². The molecule has 23 heavy (non-hydrogen) atoms. The van der Waals surface area contributed by atoms with Crippen LogP contribution >= 0.6 is 0 Å². The summed E-state index contributed by atoms with van der Waals surface area (Å²) in [5.74, 6) is -0.690. The van der Waals surface area contributed by atoms with Gasteiger partial charge in [0.2, 0.25) is 5.91 Å². The van der Waals surface area contributed by atoms with Gasteiger partial charge in [-0.3, -0.25) is 19.3 Å². The minimum atomic E-state index is -0.496. The summed E-state index contributed by atoms with van der Waals surface area (Å²) in [6.45, 7) is 9.11. The fourth-order valence-corrected chi connectivity index (χ4v) is 2.99. The number of nitrogens with zero attached hydrogens (tertiary/aromatic N) is 1. The minimum absolute atomic E-state index is 0. The number of rotatable bonds is 2. The fraction of sp³-hybridized carbons (Fsp3) is 0.235. The largest absolute Gasteiger partial charge is 0.426 e. The molecule has 0 aliphatic carbocycles. The molecule has 0 radical (unpaired) electrons. The zero-order valence-electron chi connectivity index (χ0n) is 12.7. The molecule has 2 aliphatic heterocycles. The van der Waals surface area contributed by atoms with Crippen LogP contribution in [-0.2, 0) is 9.59 Å². The molecule has 1 atom stereocenters. The van der Waals surface area contributed by atoms with E-state index in [0.29, 0.717) is 35.4 Å². The maximum absolute atomic E-state index is 12.9. The lowest BCUT2D eigenvalue weighted by atomic mass is 10.0. The Labute approximate surface area is 134 Å². The molecule has 6 nitrogen and oxygen atoms in total. The lowest BCUT2D eigenvalue weighted by Crippen LogP contribution is -2.45. The molecular weight excluding hydrogens is 296 g/mol. The van der Waals surface area contributed by atoms with Crippen LogP contribution in [0.3, 0.4) is 0 Å². The molecule has 2 heterocycles. The van der Waals surface area contributed by atoms with Crippen LogP contribution in [0.1, 0.15) is 37.1 Å². The van der Waals surface area contributed by atoms with E-state index in [4.69, 9.17) is 4.74 Å². The summed E-state index contributed by atoms with van der Waals surface area (Å²) in [6, 6.07) is 4.68. The molecule has 2 amide bonds. The van der Waals surface area contributed by atoms with Gasteiger partial charge < -0.3 is 10.1 Å². The highest BCUT2D eigenvalue weighted by Gasteiger charge is 2.40. The van der Waals surface area contributed by atoms with Crippen LogP contribution in [0.25, 0.3) is 5.70 Å². The van der Waals surface area contributed by atoms with E-state index in [0.717, 1.165) is 0 Å². The Balaban J connectivity index is 0.00000208. The molecule has 0 bridgehead atoms. The van der Waals surface area contributed by atoms with Crippen molar-refractivity contribution in [2.45, 2.75) is 25.8 Å². The lowest BCUT2D eigenvalue weighted by molar-refractivity contribution is -0.132. The van der Waals surface area contributed by atoms with Crippen molar-refractivity contribution >= 4 is 23.5 Å². The summed E-state index contributed by atoms with van der Waals surface area (Å²) in [6.07, 6.45) is 0.792. The van der Waals surface area contributed by atoms with Crippen molar-refractivity contribution < 1.29 is 20.5 Å². The molecular formula is C17H18N2O4. The van der Waals surface area contributed by atoms with Crippen LogP contribution < -0.4 is 10.1 Å². The Hall–Kier alpha value is -2.89. The number of piperidine rings is 1. The Morgan fingerprint density at radius 1 is 1.39 bits per heavy atom. The first kappa shape index (κ1) is 15.0. The molecule has 3 rings (SSSR count). The average molecular weight is 314 g/mol. The van der Waals surface area contributed by atoms with Crippen molar-refractivity contribution in [1.29, 1.82) is 0 Å². The van der Waals surface area contributed by atoms with Crippen molar-refractivity contribution in [3.05, 3.63) is 48.2 Å². The quantitative estimate of drug-likeness (QED) is 0.670. The van der Waals surface area contributed by atoms with E-state index < -0.39 is 5.97 Å². The van der Waals surface area contributed by atoms with Gasteiger partial charge in [0, 0.05) is 31.7 Å². The van der Waals surface area contributed by atoms with E-state index in [1.54, 1.807) is 18.2 Å². The predicted octanol–water partition coefficient (Wildman–Crippen LogP) is 2.08. The first-order valence-corrected chi connectivity index (χ1v) is 7.23. The summed E-state index contributed by atoms with van der Waals surface area (Å²) >= 11 is 0. The smallest absolute Gasteiger partial charge is 0.308 e. The number of hydrogen-bond acceptors (Lipinski definition) is 4. The van der Waals surface area contributed by atoms with E-state index in [2.05, 4.69) is 18.5 Å². The first-order valence-electron chi connectivity index (χ1n) is 7.23. The summed E-state index contributed by atoms with van der Waals surface area (Å²) in [5, 5.41) is 2.67. The van der Waals surface area contributed by atoms with Gasteiger partial charge in [-0.25, -0.2) is 0 Å². The van der Waals surface area contributed by atoms with Gasteiger partial charge in [0.15, 0.2) is 0 Å². The Morgan fingerprint density at radius 2 is 2.13 bits per heavy atom. The number of fused-ring (bicyclic) bond motifs is 1. The number of ether oxygens (including phenoxy) is 1. The third-order valence-corrected chi connectivity index (χ3v) is 3.97. The van der Waals surface area contributed by atoms with Gasteiger partial charge in [-0.2, -0.15) is 0 Å². The standard InChI is InChI=1S/C17H16N2O4.H2/c1-9-13(7-8-15(21)18-9)19-10(2)12-5-4-6-14(23-11(3)20)16(12)17(19)22;/h4-6,13H,1-2,7-8H2,3H3,(H,18,21);1H. The monoisotopic (exact) mass is 314 g/mol. The third-order valence-electron chi connectivity index (χ3n) is 3.97. The van der Waals surface area contributed by atoms with Gasteiger partial charge in [-0.15, -0.1) is 0 Å². The summed E-state index contributed by atoms with van der Waals surface area (Å²) in [5.41, 5.74) is 1.93. The van der Waals surface area contributed by atoms with Crippen LogP contribution in [0.5, 0.6) is 5.75 Å². The minimum Gasteiger partial charge on any atom is -0.426 e. The molecule has 1 aromatic carbocycles. The SMILES string of the molecule is C=C1NC(=O)CCC1N1C(=C)c2cccc(OC(C)=O)c2C1=O.[HH]. The first-order chi connectivity index (χ1) is 10.9.